The summed E-state index contributed by atoms with van der Waals surface area (Å²) in [6.07, 6.45) is 6.40. The van der Waals surface area contributed by atoms with Gasteiger partial charge < -0.3 is 15.3 Å². The van der Waals surface area contributed by atoms with Crippen molar-refractivity contribution in [3.8, 4) is 0 Å². The summed E-state index contributed by atoms with van der Waals surface area (Å²) < 4.78 is 0. The van der Waals surface area contributed by atoms with Crippen molar-refractivity contribution in [2.75, 3.05) is 18.1 Å². The van der Waals surface area contributed by atoms with Crippen LogP contribution in [0.5, 0.6) is 0 Å². The van der Waals surface area contributed by atoms with Crippen molar-refractivity contribution >= 4 is 5.82 Å². The molecule has 1 aliphatic heterocycles. The number of anilines is 1. The molecule has 2 rings (SSSR count). The molecule has 4 nitrogen and oxygen atoms in total. The van der Waals surface area contributed by atoms with Gasteiger partial charge in [-0.15, -0.1) is 0 Å². The molecule has 0 saturated carbocycles. The van der Waals surface area contributed by atoms with Gasteiger partial charge in [0.05, 0.1) is 0 Å². The van der Waals surface area contributed by atoms with E-state index in [1.165, 1.54) is 24.0 Å². The van der Waals surface area contributed by atoms with E-state index in [2.05, 4.69) is 37.1 Å². The Morgan fingerprint density at radius 1 is 1.48 bits per heavy atom. The van der Waals surface area contributed by atoms with Gasteiger partial charge in [0, 0.05) is 38.0 Å². The summed E-state index contributed by atoms with van der Waals surface area (Å²) in [6.45, 7) is 8.72. The lowest BCUT2D eigenvalue weighted by molar-refractivity contribution is 0.279. The third-order valence-electron chi connectivity index (χ3n) is 4.17. The van der Waals surface area contributed by atoms with E-state index in [1.54, 1.807) is 0 Å². The van der Waals surface area contributed by atoms with Gasteiger partial charge in [-0.1, -0.05) is 13.8 Å². The van der Waals surface area contributed by atoms with Crippen molar-refractivity contribution in [3.63, 3.8) is 0 Å². The van der Waals surface area contributed by atoms with E-state index in [0.29, 0.717) is 12.1 Å². The van der Waals surface area contributed by atoms with Crippen LogP contribution in [0.25, 0.3) is 0 Å². The first-order valence-electron chi connectivity index (χ1n) is 8.18. The first-order chi connectivity index (χ1) is 10.1. The van der Waals surface area contributed by atoms with Gasteiger partial charge in [-0.3, -0.25) is 0 Å². The van der Waals surface area contributed by atoms with E-state index < -0.39 is 0 Å². The van der Waals surface area contributed by atoms with Crippen LogP contribution in [0.15, 0.2) is 12.3 Å². The molecule has 4 heteroatoms. The van der Waals surface area contributed by atoms with Crippen LogP contribution in [0.3, 0.4) is 0 Å². The van der Waals surface area contributed by atoms with Gasteiger partial charge in [0.25, 0.3) is 0 Å². The minimum Gasteiger partial charge on any atom is -0.396 e. The molecule has 0 amide bonds. The number of aryl methyl sites for hydroxylation is 1. The molecule has 1 unspecified atom stereocenters. The smallest absolute Gasteiger partial charge is 0.131 e. The first-order valence-corrected chi connectivity index (χ1v) is 8.18. The predicted molar refractivity (Wildman–Crippen MR) is 87.6 cm³/mol. The van der Waals surface area contributed by atoms with Crippen molar-refractivity contribution in [2.24, 2.45) is 0 Å². The van der Waals surface area contributed by atoms with Gasteiger partial charge in [0.1, 0.15) is 5.82 Å². The number of aromatic nitrogens is 1. The van der Waals surface area contributed by atoms with Gasteiger partial charge in [0.2, 0.25) is 0 Å². The molecule has 0 radical (unpaired) electrons. The van der Waals surface area contributed by atoms with Crippen LogP contribution < -0.4 is 10.2 Å². The number of nitrogens with zero attached hydrogens (tertiary/aromatic N) is 2. The lowest BCUT2D eigenvalue weighted by Gasteiger charge is -2.27. The average molecular weight is 291 g/mol. The van der Waals surface area contributed by atoms with Crippen LogP contribution in [0.2, 0.25) is 0 Å². The molecule has 1 atom stereocenters. The second-order valence-electron chi connectivity index (χ2n) is 6.37. The minimum atomic E-state index is 0.288. The number of hydrogen-bond acceptors (Lipinski definition) is 4. The standard InChI is InChI=1S/C17H29N3O/c1-13(2)18-11-15-10-14(3)17(19-12-15)20-8-4-6-16(20)7-5-9-21/h10,12-13,16,18,21H,4-9,11H2,1-3H3. The molecule has 2 heterocycles. The maximum atomic E-state index is 9.04. The minimum absolute atomic E-state index is 0.288. The topological polar surface area (TPSA) is 48.4 Å². The van der Waals surface area contributed by atoms with E-state index in [0.717, 1.165) is 31.7 Å². The highest BCUT2D eigenvalue weighted by Crippen LogP contribution is 2.29. The van der Waals surface area contributed by atoms with Crippen LogP contribution in [-0.2, 0) is 6.54 Å². The Balaban J connectivity index is 2.05. The SMILES string of the molecule is Cc1cc(CNC(C)C)cnc1N1CCCC1CCCO. The fraction of sp³-hybridized carbons (Fsp3) is 0.706. The zero-order valence-corrected chi connectivity index (χ0v) is 13.6. The van der Waals surface area contributed by atoms with Crippen LogP contribution >= 0.6 is 0 Å². The highest BCUT2D eigenvalue weighted by Gasteiger charge is 2.26. The largest absolute Gasteiger partial charge is 0.396 e. The summed E-state index contributed by atoms with van der Waals surface area (Å²) in [4.78, 5) is 7.16. The molecule has 0 aromatic carbocycles. The van der Waals surface area contributed by atoms with Crippen molar-refractivity contribution in [1.29, 1.82) is 0 Å². The third-order valence-corrected chi connectivity index (χ3v) is 4.17. The predicted octanol–water partition coefficient (Wildman–Crippen LogP) is 2.63. The highest BCUT2D eigenvalue weighted by atomic mass is 16.2. The van der Waals surface area contributed by atoms with Gasteiger partial charge in [0.15, 0.2) is 0 Å². The normalized spacial score (nSPS) is 18.7. The summed E-state index contributed by atoms with van der Waals surface area (Å²) >= 11 is 0. The Morgan fingerprint density at radius 3 is 2.95 bits per heavy atom. The van der Waals surface area contributed by atoms with E-state index in [4.69, 9.17) is 10.1 Å². The lowest BCUT2D eigenvalue weighted by Crippen LogP contribution is -2.31. The van der Waals surface area contributed by atoms with Crippen LogP contribution in [-0.4, -0.2) is 35.3 Å². The molecule has 0 bridgehead atoms. The summed E-state index contributed by atoms with van der Waals surface area (Å²) in [6, 6.07) is 3.29. The van der Waals surface area contributed by atoms with Crippen molar-refractivity contribution in [2.45, 2.75) is 65.1 Å². The number of aliphatic hydroxyl groups is 1. The molecule has 1 fully saturated rings. The summed E-state index contributed by atoms with van der Waals surface area (Å²) in [5, 5.41) is 12.5. The van der Waals surface area contributed by atoms with Gasteiger partial charge in [-0.05, 0) is 49.8 Å². The number of nitrogens with one attached hydrogen (secondary N) is 1. The van der Waals surface area contributed by atoms with Gasteiger partial charge in [-0.2, -0.15) is 0 Å². The molecule has 21 heavy (non-hydrogen) atoms. The van der Waals surface area contributed by atoms with Crippen LogP contribution in [0, 0.1) is 6.92 Å². The summed E-state index contributed by atoms with van der Waals surface area (Å²) in [5.74, 6) is 1.13. The second-order valence-corrected chi connectivity index (χ2v) is 6.37. The fourth-order valence-electron chi connectivity index (χ4n) is 3.09. The van der Waals surface area contributed by atoms with Crippen molar-refractivity contribution in [3.05, 3.63) is 23.4 Å². The molecule has 0 spiro atoms. The Hall–Kier alpha value is -1.13. The maximum Gasteiger partial charge on any atom is 0.131 e. The third kappa shape index (κ3) is 4.42. The summed E-state index contributed by atoms with van der Waals surface area (Å²) in [7, 11) is 0. The van der Waals surface area contributed by atoms with Crippen LogP contribution in [0.4, 0.5) is 5.82 Å². The quantitative estimate of drug-likeness (QED) is 0.811. The zero-order valence-electron chi connectivity index (χ0n) is 13.6. The average Bonchev–Trinajstić information content (AvgIpc) is 2.91. The van der Waals surface area contributed by atoms with Crippen molar-refractivity contribution < 1.29 is 5.11 Å². The highest BCUT2D eigenvalue weighted by molar-refractivity contribution is 5.49. The maximum absolute atomic E-state index is 9.04. The number of aliphatic hydroxyl groups excluding tert-OH is 1. The van der Waals surface area contributed by atoms with Crippen LogP contribution in [0.1, 0.15) is 50.7 Å². The Labute approximate surface area is 128 Å². The molecule has 1 aliphatic rings. The molecule has 1 aromatic heterocycles. The number of hydrogen-bond donors (Lipinski definition) is 2. The number of rotatable bonds is 7. The molecular weight excluding hydrogens is 262 g/mol. The van der Waals surface area contributed by atoms with E-state index >= 15 is 0 Å². The zero-order chi connectivity index (χ0) is 15.2. The van der Waals surface area contributed by atoms with Gasteiger partial charge in [-0.25, -0.2) is 4.98 Å². The molecule has 1 aromatic rings. The van der Waals surface area contributed by atoms with Gasteiger partial charge >= 0.3 is 0 Å². The Bertz CT molecular complexity index is 448. The number of pyridine rings is 1. The molecular formula is C17H29N3O. The Kier molecular flexibility index (Phi) is 6.00. The first kappa shape index (κ1) is 16.2. The summed E-state index contributed by atoms with van der Waals surface area (Å²) in [5.41, 5.74) is 2.50. The van der Waals surface area contributed by atoms with E-state index in [1.807, 2.05) is 6.20 Å². The second kappa shape index (κ2) is 7.76. The Morgan fingerprint density at radius 2 is 2.29 bits per heavy atom. The fourth-order valence-corrected chi connectivity index (χ4v) is 3.09. The molecule has 1 saturated heterocycles. The molecule has 2 N–H and O–H groups in total. The lowest BCUT2D eigenvalue weighted by atomic mass is 10.1. The van der Waals surface area contributed by atoms with E-state index in [-0.39, 0.29) is 6.61 Å². The molecule has 118 valence electrons. The monoisotopic (exact) mass is 291 g/mol. The van der Waals surface area contributed by atoms with E-state index in [9.17, 15) is 0 Å². The van der Waals surface area contributed by atoms with Crippen molar-refractivity contribution in [1.82, 2.24) is 10.3 Å². The molecule has 0 aliphatic carbocycles.